The first kappa shape index (κ1) is 13.0. The number of nitrogens with one attached hydrogen (secondary N) is 1. The number of rotatable bonds is 6. The van der Waals surface area contributed by atoms with Crippen molar-refractivity contribution >= 4 is 20.8 Å². The lowest BCUT2D eigenvalue weighted by Crippen LogP contribution is -2.35. The van der Waals surface area contributed by atoms with Crippen molar-refractivity contribution in [3.05, 3.63) is 0 Å². The molecule has 2 unspecified atom stereocenters. The molecule has 0 aliphatic carbocycles. The van der Waals surface area contributed by atoms with Gasteiger partial charge in [0.1, 0.15) is 0 Å². The average Bonchev–Trinajstić information content (AvgIpc) is 2.00. The normalized spacial score (nSPS) is 16.8. The van der Waals surface area contributed by atoms with E-state index in [-0.39, 0.29) is 24.1 Å². The SMILES string of the molecule is CC(CNS(=O)(=O)CCN)S(C)=O. The molecule has 0 saturated carbocycles. The van der Waals surface area contributed by atoms with E-state index in [4.69, 9.17) is 5.73 Å². The second-order valence-corrected chi connectivity index (χ2v) is 6.49. The fraction of sp³-hybridized carbons (Fsp3) is 1.00. The highest BCUT2D eigenvalue weighted by Crippen LogP contribution is 1.91. The molecule has 0 amide bonds. The van der Waals surface area contributed by atoms with Crippen LogP contribution in [0.1, 0.15) is 6.92 Å². The Morgan fingerprint density at radius 2 is 2.08 bits per heavy atom. The molecule has 0 radical (unpaired) electrons. The van der Waals surface area contributed by atoms with Crippen molar-refractivity contribution in [1.82, 2.24) is 4.72 Å². The van der Waals surface area contributed by atoms with Gasteiger partial charge in [-0.15, -0.1) is 0 Å². The van der Waals surface area contributed by atoms with Crippen molar-refractivity contribution in [1.29, 1.82) is 0 Å². The third-order valence-electron chi connectivity index (χ3n) is 1.54. The second-order valence-electron chi connectivity index (χ2n) is 2.77. The van der Waals surface area contributed by atoms with Gasteiger partial charge in [0.05, 0.1) is 5.75 Å². The summed E-state index contributed by atoms with van der Waals surface area (Å²) in [5.74, 6) is -0.0872. The van der Waals surface area contributed by atoms with Gasteiger partial charge >= 0.3 is 0 Å². The summed E-state index contributed by atoms with van der Waals surface area (Å²) in [5, 5.41) is -0.174. The molecule has 0 saturated heterocycles. The Bertz CT molecular complexity index is 263. The predicted molar refractivity (Wildman–Crippen MR) is 54.4 cm³/mol. The lowest BCUT2D eigenvalue weighted by Gasteiger charge is -2.09. The van der Waals surface area contributed by atoms with E-state index in [1.165, 1.54) is 0 Å². The number of nitrogens with two attached hydrogens (primary N) is 1. The van der Waals surface area contributed by atoms with Crippen molar-refractivity contribution in [2.24, 2.45) is 5.73 Å². The van der Waals surface area contributed by atoms with E-state index < -0.39 is 20.8 Å². The lowest BCUT2D eigenvalue weighted by atomic mass is 10.5. The third kappa shape index (κ3) is 6.14. The summed E-state index contributed by atoms with van der Waals surface area (Å²) in [6.45, 7) is 2.02. The lowest BCUT2D eigenvalue weighted by molar-refractivity contribution is 0.580. The van der Waals surface area contributed by atoms with Crippen molar-refractivity contribution in [2.75, 3.05) is 25.1 Å². The summed E-state index contributed by atoms with van der Waals surface area (Å²) in [7, 11) is -4.28. The summed E-state index contributed by atoms with van der Waals surface area (Å²) in [5.41, 5.74) is 5.10. The smallest absolute Gasteiger partial charge is 0.212 e. The molecule has 0 aromatic carbocycles. The van der Waals surface area contributed by atoms with Gasteiger partial charge in [0.2, 0.25) is 10.0 Å². The maximum Gasteiger partial charge on any atom is 0.212 e. The highest BCUT2D eigenvalue weighted by atomic mass is 32.2. The van der Waals surface area contributed by atoms with Crippen LogP contribution in [0.4, 0.5) is 0 Å². The molecule has 0 rings (SSSR count). The predicted octanol–water partition coefficient (Wildman–Crippen LogP) is -1.37. The van der Waals surface area contributed by atoms with E-state index in [1.54, 1.807) is 13.2 Å². The van der Waals surface area contributed by atoms with Gasteiger partial charge in [-0.1, -0.05) is 0 Å². The Labute approximate surface area is 81.6 Å². The Morgan fingerprint density at radius 1 is 1.54 bits per heavy atom. The fourth-order valence-corrected chi connectivity index (χ4v) is 1.97. The van der Waals surface area contributed by atoms with Crippen LogP contribution in [0.2, 0.25) is 0 Å². The van der Waals surface area contributed by atoms with Crippen molar-refractivity contribution in [3.63, 3.8) is 0 Å². The molecule has 0 bridgehead atoms. The van der Waals surface area contributed by atoms with Crippen molar-refractivity contribution < 1.29 is 12.6 Å². The first-order chi connectivity index (χ1) is 5.89. The van der Waals surface area contributed by atoms with Gasteiger partial charge in [0, 0.05) is 35.4 Å². The summed E-state index contributed by atoms with van der Waals surface area (Å²) >= 11 is 0. The van der Waals surface area contributed by atoms with E-state index in [2.05, 4.69) is 4.72 Å². The van der Waals surface area contributed by atoms with Crippen LogP contribution in [0.3, 0.4) is 0 Å². The average molecular weight is 228 g/mol. The molecule has 0 fully saturated rings. The summed E-state index contributed by atoms with van der Waals surface area (Å²) < 4.78 is 35.3. The number of hydrogen-bond donors (Lipinski definition) is 2. The van der Waals surface area contributed by atoms with Crippen LogP contribution in [0.25, 0.3) is 0 Å². The maximum atomic E-state index is 11.1. The van der Waals surface area contributed by atoms with Crippen molar-refractivity contribution in [3.8, 4) is 0 Å². The molecule has 0 heterocycles. The van der Waals surface area contributed by atoms with Crippen LogP contribution in [-0.4, -0.2) is 43.0 Å². The summed E-state index contributed by atoms with van der Waals surface area (Å²) in [6, 6.07) is 0. The Hall–Kier alpha value is 0.0200. The zero-order valence-corrected chi connectivity index (χ0v) is 9.45. The first-order valence-electron chi connectivity index (χ1n) is 3.88. The van der Waals surface area contributed by atoms with Crippen LogP contribution in [0.5, 0.6) is 0 Å². The van der Waals surface area contributed by atoms with Gasteiger partial charge in [-0.2, -0.15) is 0 Å². The molecule has 2 atom stereocenters. The van der Waals surface area contributed by atoms with Crippen molar-refractivity contribution in [2.45, 2.75) is 12.2 Å². The van der Waals surface area contributed by atoms with E-state index in [9.17, 15) is 12.6 Å². The third-order valence-corrected chi connectivity index (χ3v) is 4.22. The van der Waals surface area contributed by atoms with E-state index in [1.807, 2.05) is 0 Å². The van der Waals surface area contributed by atoms with Gasteiger partial charge in [-0.3, -0.25) is 4.21 Å². The molecular weight excluding hydrogens is 212 g/mol. The van der Waals surface area contributed by atoms with E-state index in [0.717, 1.165) is 0 Å². The molecule has 0 aliphatic rings. The van der Waals surface area contributed by atoms with Crippen LogP contribution < -0.4 is 10.5 Å². The number of sulfonamides is 1. The van der Waals surface area contributed by atoms with Gasteiger partial charge in [0.25, 0.3) is 0 Å². The molecule has 0 aromatic heterocycles. The number of hydrogen-bond acceptors (Lipinski definition) is 4. The molecule has 0 spiro atoms. The quantitative estimate of drug-likeness (QED) is 0.587. The van der Waals surface area contributed by atoms with Crippen LogP contribution >= 0.6 is 0 Å². The summed E-state index contributed by atoms with van der Waals surface area (Å²) in [6.07, 6.45) is 1.54. The van der Waals surface area contributed by atoms with E-state index in [0.29, 0.717) is 0 Å². The highest BCUT2D eigenvalue weighted by molar-refractivity contribution is 7.89. The molecule has 7 heteroatoms. The molecular formula is C6H16N2O3S2. The highest BCUT2D eigenvalue weighted by Gasteiger charge is 2.12. The zero-order chi connectivity index (χ0) is 10.5. The Balaban J connectivity index is 3.95. The largest absolute Gasteiger partial charge is 0.329 e. The Morgan fingerprint density at radius 3 is 2.46 bits per heavy atom. The minimum absolute atomic E-state index is 0.0872. The standard InChI is InChI=1S/C6H16N2O3S2/c1-6(12(2)9)5-8-13(10,11)4-3-7/h6,8H,3-5,7H2,1-2H3. The van der Waals surface area contributed by atoms with Crippen LogP contribution in [-0.2, 0) is 20.8 Å². The van der Waals surface area contributed by atoms with Crippen LogP contribution in [0.15, 0.2) is 0 Å². The minimum atomic E-state index is -3.27. The second kappa shape index (κ2) is 5.69. The molecule has 3 N–H and O–H groups in total. The molecule has 80 valence electrons. The summed E-state index contributed by atoms with van der Waals surface area (Å²) in [4.78, 5) is 0. The van der Waals surface area contributed by atoms with Gasteiger partial charge in [0.15, 0.2) is 0 Å². The fourth-order valence-electron chi connectivity index (χ4n) is 0.589. The topological polar surface area (TPSA) is 89.3 Å². The molecule has 5 nitrogen and oxygen atoms in total. The molecule has 0 aromatic rings. The zero-order valence-electron chi connectivity index (χ0n) is 7.82. The molecule has 0 aliphatic heterocycles. The Kier molecular flexibility index (Phi) is 5.70. The van der Waals surface area contributed by atoms with Gasteiger partial charge in [-0.25, -0.2) is 13.1 Å². The van der Waals surface area contributed by atoms with E-state index >= 15 is 0 Å². The first-order valence-corrected chi connectivity index (χ1v) is 7.16. The van der Waals surface area contributed by atoms with Gasteiger partial charge < -0.3 is 5.73 Å². The van der Waals surface area contributed by atoms with Crippen LogP contribution in [0, 0.1) is 0 Å². The minimum Gasteiger partial charge on any atom is -0.329 e. The molecule has 13 heavy (non-hydrogen) atoms. The maximum absolute atomic E-state index is 11.1. The van der Waals surface area contributed by atoms with Gasteiger partial charge in [-0.05, 0) is 6.92 Å². The monoisotopic (exact) mass is 228 g/mol.